The average Bonchev–Trinajstić information content (AvgIpc) is 3.25. The van der Waals surface area contributed by atoms with Crippen molar-refractivity contribution in [3.05, 3.63) is 64.5 Å². The number of nitrogens with zero attached hydrogens (tertiary/aromatic N) is 5. The molecule has 2 aliphatic heterocycles. The zero-order valence-corrected chi connectivity index (χ0v) is 22.0. The van der Waals surface area contributed by atoms with Gasteiger partial charge in [0, 0.05) is 70.8 Å². The second-order valence-corrected chi connectivity index (χ2v) is 11.9. The van der Waals surface area contributed by atoms with Gasteiger partial charge in [0.05, 0.1) is 21.7 Å². The Morgan fingerprint density at radius 2 is 1.86 bits per heavy atom. The maximum Gasteiger partial charge on any atom is 0.211 e. The zero-order valence-electron chi connectivity index (χ0n) is 22.6. The van der Waals surface area contributed by atoms with Crippen molar-refractivity contribution >= 4 is 49.9 Å². The molecule has 1 atom stereocenters. The quantitative estimate of drug-likeness (QED) is 0.368. The molecule has 1 spiro atoms. The molecule has 0 radical (unpaired) electrons. The van der Waals surface area contributed by atoms with E-state index in [9.17, 15) is 8.42 Å². The molecule has 1 N–H and O–H groups in total. The lowest BCUT2D eigenvalue weighted by Crippen LogP contribution is -2.73. The summed E-state index contributed by atoms with van der Waals surface area (Å²) in [7, 11) is -4.28. The Bertz CT molecular complexity index is 1680. The van der Waals surface area contributed by atoms with Gasteiger partial charge in [0.25, 0.3) is 0 Å². The van der Waals surface area contributed by atoms with E-state index in [4.69, 9.17) is 32.1 Å². The summed E-state index contributed by atoms with van der Waals surface area (Å²) < 4.78 is 53.2. The monoisotopic (exact) mass is 561 g/mol. The van der Waals surface area contributed by atoms with Gasteiger partial charge in [-0.1, -0.05) is 23.2 Å². The number of fused-ring (bicyclic) bond motifs is 1. The molecular formula is C25H24Cl2N6O3S. The largest absolute Gasteiger partial charge is 0.486 e. The Kier molecular flexibility index (Phi) is 5.03. The molecule has 9 nitrogen and oxygen atoms in total. The summed E-state index contributed by atoms with van der Waals surface area (Å²) in [5.74, 6) is 1.38. The minimum Gasteiger partial charge on any atom is -0.486 e. The predicted octanol–water partition coefficient (Wildman–Crippen LogP) is 4.55. The van der Waals surface area contributed by atoms with Crippen molar-refractivity contribution in [2.45, 2.75) is 13.0 Å². The normalized spacial score (nSPS) is 19.5. The number of anilines is 1. The third kappa shape index (κ3) is 4.41. The summed E-state index contributed by atoms with van der Waals surface area (Å²) >= 11 is 12.6. The maximum atomic E-state index is 12.1. The van der Waals surface area contributed by atoms with Crippen molar-refractivity contribution in [3.8, 4) is 17.0 Å². The average molecular weight is 562 g/mol. The fourth-order valence-electron chi connectivity index (χ4n) is 5.07. The predicted molar refractivity (Wildman–Crippen MR) is 144 cm³/mol. The van der Waals surface area contributed by atoms with Crippen LogP contribution in [-0.2, 0) is 10.0 Å². The second-order valence-electron chi connectivity index (χ2n) is 9.59. The SMILES string of the molecule is [2H]C([2H])([2H])S(=O)(=O)N1CC2(CN(c3ccc(-c4n[nH]c5ccc(O[C@H](C)c6c(Cl)cncc6Cl)cc45)cn3)C2)C1. The standard InChI is InChI=1S/C25H24Cl2N6O3S/c1-15(23-19(26)9-28-10-20(23)27)36-17-4-5-21-18(7-17)24(31-30-21)16-3-6-22(29-8-16)32-11-25(12-32)13-33(14-25)37(2,34)35/h3-10,15H,11-14H2,1-2H3,(H,30,31)/t15-/m1/s1/i2D3. The zero-order chi connectivity index (χ0) is 28.4. The second kappa shape index (κ2) is 8.83. The number of benzene rings is 1. The molecule has 2 fully saturated rings. The maximum absolute atomic E-state index is 12.1. The number of sulfonamides is 1. The van der Waals surface area contributed by atoms with Crippen molar-refractivity contribution in [2.75, 3.05) is 37.3 Å². The molecule has 3 aromatic heterocycles. The molecule has 192 valence electrons. The smallest absolute Gasteiger partial charge is 0.211 e. The number of H-pyrrole nitrogens is 1. The van der Waals surface area contributed by atoms with Crippen LogP contribution in [0.2, 0.25) is 10.0 Å². The van der Waals surface area contributed by atoms with Crippen molar-refractivity contribution in [1.82, 2.24) is 24.5 Å². The van der Waals surface area contributed by atoms with Gasteiger partial charge in [-0.05, 0) is 37.3 Å². The third-order valence-electron chi connectivity index (χ3n) is 6.91. The van der Waals surface area contributed by atoms with Gasteiger partial charge in [-0.25, -0.2) is 17.7 Å². The van der Waals surface area contributed by atoms with Gasteiger partial charge in [0.15, 0.2) is 0 Å². The molecule has 0 unspecified atom stereocenters. The molecule has 4 aromatic rings. The van der Waals surface area contributed by atoms with E-state index in [1.54, 1.807) is 6.20 Å². The lowest BCUT2D eigenvalue weighted by molar-refractivity contribution is 0.0395. The van der Waals surface area contributed by atoms with Crippen LogP contribution in [0.1, 0.15) is 22.7 Å². The number of pyridine rings is 2. The van der Waals surface area contributed by atoms with Crippen LogP contribution in [0.25, 0.3) is 22.2 Å². The minimum absolute atomic E-state index is 0.212. The molecule has 12 heteroatoms. The van der Waals surface area contributed by atoms with Gasteiger partial charge in [-0.2, -0.15) is 5.10 Å². The highest BCUT2D eigenvalue weighted by atomic mass is 35.5. The fourth-order valence-corrected chi connectivity index (χ4v) is 6.63. The molecule has 37 heavy (non-hydrogen) atoms. The number of aromatic amines is 1. The topological polar surface area (TPSA) is 104 Å². The Morgan fingerprint density at radius 1 is 1.11 bits per heavy atom. The number of aromatic nitrogens is 4. The Morgan fingerprint density at radius 3 is 2.54 bits per heavy atom. The van der Waals surface area contributed by atoms with E-state index in [1.165, 1.54) is 12.4 Å². The molecule has 2 saturated heterocycles. The fraction of sp³-hybridized carbons (Fsp3) is 0.320. The van der Waals surface area contributed by atoms with E-state index in [0.29, 0.717) is 34.4 Å². The van der Waals surface area contributed by atoms with Crippen molar-refractivity contribution in [2.24, 2.45) is 5.41 Å². The first kappa shape index (κ1) is 21.1. The lowest BCUT2D eigenvalue weighted by atomic mass is 9.74. The molecular weight excluding hydrogens is 535 g/mol. The number of hydrogen-bond donors (Lipinski definition) is 1. The lowest BCUT2D eigenvalue weighted by Gasteiger charge is -2.59. The van der Waals surface area contributed by atoms with Gasteiger partial charge in [0.2, 0.25) is 10.0 Å². The van der Waals surface area contributed by atoms with E-state index < -0.39 is 22.3 Å². The van der Waals surface area contributed by atoms with Gasteiger partial charge in [0.1, 0.15) is 23.4 Å². The first-order valence-electron chi connectivity index (χ1n) is 13.0. The molecule has 2 aliphatic rings. The van der Waals surface area contributed by atoms with Gasteiger partial charge >= 0.3 is 0 Å². The number of nitrogens with one attached hydrogen (secondary N) is 1. The van der Waals surface area contributed by atoms with Crippen LogP contribution < -0.4 is 9.64 Å². The molecule has 1 aromatic carbocycles. The van der Waals surface area contributed by atoms with Crippen LogP contribution in [0.3, 0.4) is 0 Å². The Balaban J connectivity index is 1.14. The highest BCUT2D eigenvalue weighted by Crippen LogP contribution is 2.42. The number of hydrogen-bond acceptors (Lipinski definition) is 7. The molecule has 0 aliphatic carbocycles. The van der Waals surface area contributed by atoms with Crippen LogP contribution in [0.15, 0.2) is 48.9 Å². The van der Waals surface area contributed by atoms with Gasteiger partial charge < -0.3 is 9.64 Å². The number of halogens is 2. The molecule has 0 bridgehead atoms. The van der Waals surface area contributed by atoms with Crippen LogP contribution in [0, 0.1) is 5.41 Å². The van der Waals surface area contributed by atoms with Crippen molar-refractivity contribution in [3.63, 3.8) is 0 Å². The van der Waals surface area contributed by atoms with Gasteiger partial charge in [-0.15, -0.1) is 0 Å². The number of ether oxygens (including phenoxy) is 1. The summed E-state index contributed by atoms with van der Waals surface area (Å²) in [5, 5.41) is 9.25. The highest BCUT2D eigenvalue weighted by molar-refractivity contribution is 7.88. The molecule has 0 saturated carbocycles. The van der Waals surface area contributed by atoms with Crippen molar-refractivity contribution < 1.29 is 17.3 Å². The van der Waals surface area contributed by atoms with Crippen molar-refractivity contribution in [1.29, 1.82) is 0 Å². The van der Waals surface area contributed by atoms with E-state index >= 15 is 0 Å². The van der Waals surface area contributed by atoms with Crippen LogP contribution in [0.4, 0.5) is 5.82 Å². The summed E-state index contributed by atoms with van der Waals surface area (Å²) in [4.78, 5) is 10.6. The number of rotatable bonds is 6. The van der Waals surface area contributed by atoms with E-state index in [0.717, 1.165) is 32.3 Å². The molecule has 5 heterocycles. The minimum atomic E-state index is -4.28. The third-order valence-corrected chi connectivity index (χ3v) is 8.45. The van der Waals surface area contributed by atoms with E-state index in [1.807, 2.05) is 37.3 Å². The Hall–Kier alpha value is -2.92. The van der Waals surface area contributed by atoms with E-state index in [2.05, 4.69) is 25.1 Å². The van der Waals surface area contributed by atoms with Gasteiger partial charge in [-0.3, -0.25) is 10.1 Å². The van der Waals surface area contributed by atoms with Crippen LogP contribution >= 0.6 is 23.2 Å². The summed E-state index contributed by atoms with van der Waals surface area (Å²) in [6.45, 7) is 3.52. The summed E-state index contributed by atoms with van der Waals surface area (Å²) in [6.07, 6.45) is 1.37. The highest BCUT2D eigenvalue weighted by Gasteiger charge is 2.54. The summed E-state index contributed by atoms with van der Waals surface area (Å²) in [6, 6.07) is 9.46. The van der Waals surface area contributed by atoms with Crippen LogP contribution in [-0.4, -0.2) is 65.3 Å². The Labute approximate surface area is 228 Å². The summed E-state index contributed by atoms with van der Waals surface area (Å²) in [5.41, 5.74) is 2.80. The van der Waals surface area contributed by atoms with E-state index in [-0.39, 0.29) is 18.5 Å². The molecule has 0 amide bonds. The van der Waals surface area contributed by atoms with Crippen LogP contribution in [0.5, 0.6) is 5.75 Å². The first-order valence-corrected chi connectivity index (χ1v) is 13.7. The first-order chi connectivity index (χ1) is 18.9. The molecule has 6 rings (SSSR count).